The minimum Gasteiger partial charge on any atom is -0.483 e. The zero-order valence-electron chi connectivity index (χ0n) is 8.42. The van der Waals surface area contributed by atoms with Crippen molar-refractivity contribution in [2.45, 2.75) is 12.6 Å². The summed E-state index contributed by atoms with van der Waals surface area (Å²) in [5.41, 5.74) is 0.398. The topological polar surface area (TPSA) is 46.5 Å². The van der Waals surface area contributed by atoms with Crippen LogP contribution in [0.1, 0.15) is 5.56 Å². The van der Waals surface area contributed by atoms with E-state index in [9.17, 15) is 18.0 Å². The Morgan fingerprint density at radius 1 is 1.41 bits per heavy atom. The summed E-state index contributed by atoms with van der Waals surface area (Å²) in [5, 5.41) is 8.56. The van der Waals surface area contributed by atoms with Crippen LogP contribution in [0.3, 0.4) is 0 Å². The van der Waals surface area contributed by atoms with Crippen LogP contribution in [0.2, 0.25) is 0 Å². The standard InChI is InChI=1S/C10H8F3IO3/c11-10(12,13)5-17-8-3-6(4-9(15)16)1-2-7(8)14/h1-3H,4-5H2,(H,15,16). The van der Waals surface area contributed by atoms with Gasteiger partial charge in [0.1, 0.15) is 5.75 Å². The minimum atomic E-state index is -4.41. The lowest BCUT2D eigenvalue weighted by atomic mass is 10.1. The van der Waals surface area contributed by atoms with Crippen LogP contribution < -0.4 is 4.74 Å². The molecule has 0 aliphatic rings. The number of rotatable bonds is 4. The fourth-order valence-electron chi connectivity index (χ4n) is 1.10. The van der Waals surface area contributed by atoms with Crippen molar-refractivity contribution in [3.63, 3.8) is 0 Å². The summed E-state index contributed by atoms with van der Waals surface area (Å²) in [6.07, 6.45) is -4.66. The van der Waals surface area contributed by atoms with Gasteiger partial charge in [-0.15, -0.1) is 0 Å². The smallest absolute Gasteiger partial charge is 0.422 e. The fraction of sp³-hybridized carbons (Fsp3) is 0.300. The first-order valence-corrected chi connectivity index (χ1v) is 5.55. The average molecular weight is 360 g/mol. The number of carboxylic acid groups (broad SMARTS) is 1. The van der Waals surface area contributed by atoms with E-state index < -0.39 is 18.8 Å². The number of aliphatic carboxylic acids is 1. The Labute approximate surface area is 109 Å². The second kappa shape index (κ2) is 5.56. The lowest BCUT2D eigenvalue weighted by Gasteiger charge is -2.11. The Hall–Kier alpha value is -0.990. The number of carbonyl (C=O) groups is 1. The van der Waals surface area contributed by atoms with E-state index in [2.05, 4.69) is 4.74 Å². The van der Waals surface area contributed by atoms with Crippen LogP contribution in [-0.2, 0) is 11.2 Å². The molecule has 94 valence electrons. The number of halogens is 4. The third-order valence-electron chi connectivity index (χ3n) is 1.74. The normalized spacial score (nSPS) is 11.3. The molecule has 0 aliphatic heterocycles. The molecule has 0 fully saturated rings. The lowest BCUT2D eigenvalue weighted by Crippen LogP contribution is -2.19. The van der Waals surface area contributed by atoms with E-state index in [0.717, 1.165) is 0 Å². The van der Waals surface area contributed by atoms with Crippen LogP contribution in [0.15, 0.2) is 18.2 Å². The Bertz CT molecular complexity index is 418. The predicted octanol–water partition coefficient (Wildman–Crippen LogP) is 2.86. The molecular weight excluding hydrogens is 352 g/mol. The summed E-state index contributed by atoms with van der Waals surface area (Å²) in [6.45, 7) is -1.39. The highest BCUT2D eigenvalue weighted by Gasteiger charge is 2.28. The molecule has 1 aromatic rings. The third kappa shape index (κ3) is 5.24. The number of carboxylic acids is 1. The van der Waals surface area contributed by atoms with Gasteiger partial charge in [0.15, 0.2) is 6.61 Å². The maximum absolute atomic E-state index is 12.0. The van der Waals surface area contributed by atoms with Crippen molar-refractivity contribution in [1.29, 1.82) is 0 Å². The predicted molar refractivity (Wildman–Crippen MR) is 62.0 cm³/mol. The molecule has 0 radical (unpaired) electrons. The molecule has 3 nitrogen and oxygen atoms in total. The fourth-order valence-corrected chi connectivity index (χ4v) is 1.59. The van der Waals surface area contributed by atoms with Gasteiger partial charge in [0.2, 0.25) is 0 Å². The molecule has 0 spiro atoms. The molecule has 0 bridgehead atoms. The van der Waals surface area contributed by atoms with Gasteiger partial charge in [-0.05, 0) is 40.3 Å². The molecule has 7 heteroatoms. The van der Waals surface area contributed by atoms with Gasteiger partial charge < -0.3 is 9.84 Å². The van der Waals surface area contributed by atoms with Gasteiger partial charge in [0.05, 0.1) is 9.99 Å². The first-order valence-electron chi connectivity index (χ1n) is 4.48. The van der Waals surface area contributed by atoms with Gasteiger partial charge >= 0.3 is 12.1 Å². The molecule has 1 aromatic carbocycles. The molecule has 1 N–H and O–H groups in total. The SMILES string of the molecule is O=C(O)Cc1ccc(I)c(OCC(F)(F)F)c1. The maximum Gasteiger partial charge on any atom is 0.422 e. The van der Waals surface area contributed by atoms with Crippen LogP contribution >= 0.6 is 22.6 Å². The summed E-state index contributed by atoms with van der Waals surface area (Å²) < 4.78 is 41.0. The van der Waals surface area contributed by atoms with Crippen LogP contribution in [0, 0.1) is 3.57 Å². The monoisotopic (exact) mass is 360 g/mol. The highest BCUT2D eigenvalue weighted by Crippen LogP contribution is 2.25. The average Bonchev–Trinajstić information content (AvgIpc) is 2.17. The first kappa shape index (κ1) is 14.1. The van der Waals surface area contributed by atoms with Crippen molar-refractivity contribution >= 4 is 28.6 Å². The van der Waals surface area contributed by atoms with Crippen LogP contribution in [-0.4, -0.2) is 23.9 Å². The van der Waals surface area contributed by atoms with Gasteiger partial charge in [-0.2, -0.15) is 13.2 Å². The van der Waals surface area contributed by atoms with Gasteiger partial charge in [-0.1, -0.05) is 6.07 Å². The second-order valence-corrected chi connectivity index (χ2v) is 4.40. The molecule has 0 amide bonds. The molecule has 0 saturated heterocycles. The molecule has 0 unspecified atom stereocenters. The van der Waals surface area contributed by atoms with E-state index >= 15 is 0 Å². The molecule has 0 aromatic heterocycles. The zero-order valence-corrected chi connectivity index (χ0v) is 10.6. The van der Waals surface area contributed by atoms with Gasteiger partial charge in [0.25, 0.3) is 0 Å². The second-order valence-electron chi connectivity index (χ2n) is 3.24. The molecule has 0 saturated carbocycles. The molecular formula is C10H8F3IO3. The van der Waals surface area contributed by atoms with E-state index in [-0.39, 0.29) is 12.2 Å². The van der Waals surface area contributed by atoms with Gasteiger partial charge in [-0.3, -0.25) is 4.79 Å². The van der Waals surface area contributed by atoms with Gasteiger partial charge in [-0.25, -0.2) is 0 Å². The Morgan fingerprint density at radius 2 is 2.06 bits per heavy atom. The summed E-state index contributed by atoms with van der Waals surface area (Å²) in [5.74, 6) is -1.00. The number of hydrogen-bond donors (Lipinski definition) is 1. The molecule has 0 heterocycles. The minimum absolute atomic E-state index is 0.0432. The Balaban J connectivity index is 2.80. The molecule has 17 heavy (non-hydrogen) atoms. The van der Waals surface area contributed by atoms with E-state index in [4.69, 9.17) is 5.11 Å². The van der Waals surface area contributed by atoms with Crippen LogP contribution in [0.25, 0.3) is 0 Å². The summed E-state index contributed by atoms with van der Waals surface area (Å²) in [7, 11) is 0. The van der Waals surface area contributed by atoms with Crippen molar-refractivity contribution in [1.82, 2.24) is 0 Å². The van der Waals surface area contributed by atoms with E-state index in [1.54, 1.807) is 0 Å². The van der Waals surface area contributed by atoms with Crippen molar-refractivity contribution < 1.29 is 27.8 Å². The number of benzene rings is 1. The molecule has 1 rings (SSSR count). The molecule has 0 aliphatic carbocycles. The number of hydrogen-bond acceptors (Lipinski definition) is 2. The van der Waals surface area contributed by atoms with Crippen molar-refractivity contribution in [2.75, 3.05) is 6.61 Å². The lowest BCUT2D eigenvalue weighted by molar-refractivity contribution is -0.153. The number of ether oxygens (including phenoxy) is 1. The van der Waals surface area contributed by atoms with Crippen molar-refractivity contribution in [2.24, 2.45) is 0 Å². The Morgan fingerprint density at radius 3 is 2.59 bits per heavy atom. The van der Waals surface area contributed by atoms with E-state index in [1.165, 1.54) is 18.2 Å². The van der Waals surface area contributed by atoms with Gasteiger partial charge in [0, 0.05) is 0 Å². The highest BCUT2D eigenvalue weighted by atomic mass is 127. The third-order valence-corrected chi connectivity index (χ3v) is 2.63. The summed E-state index contributed by atoms with van der Waals surface area (Å²) >= 11 is 1.82. The first-order chi connectivity index (χ1) is 7.78. The highest BCUT2D eigenvalue weighted by molar-refractivity contribution is 14.1. The summed E-state index contributed by atoms with van der Waals surface area (Å²) in [4.78, 5) is 10.5. The van der Waals surface area contributed by atoms with E-state index in [1.807, 2.05) is 22.6 Å². The zero-order chi connectivity index (χ0) is 13.1. The van der Waals surface area contributed by atoms with Crippen molar-refractivity contribution in [3.8, 4) is 5.75 Å². The van der Waals surface area contributed by atoms with Crippen LogP contribution in [0.4, 0.5) is 13.2 Å². The maximum atomic E-state index is 12.0. The summed E-state index contributed by atoms with van der Waals surface area (Å²) in [6, 6.07) is 4.36. The largest absolute Gasteiger partial charge is 0.483 e. The number of alkyl halides is 3. The van der Waals surface area contributed by atoms with Crippen molar-refractivity contribution in [3.05, 3.63) is 27.3 Å². The molecule has 0 atom stereocenters. The van der Waals surface area contributed by atoms with Crippen LogP contribution in [0.5, 0.6) is 5.75 Å². The Kier molecular flexibility index (Phi) is 4.61. The van der Waals surface area contributed by atoms with E-state index in [0.29, 0.717) is 9.13 Å². The quantitative estimate of drug-likeness (QED) is 0.841.